The molecule has 0 saturated heterocycles. The fourth-order valence-electron chi connectivity index (χ4n) is 2.48. The van der Waals surface area contributed by atoms with Crippen LogP contribution in [0.3, 0.4) is 0 Å². The van der Waals surface area contributed by atoms with Gasteiger partial charge in [-0.05, 0) is 49.7 Å². The molecule has 22 heavy (non-hydrogen) atoms. The van der Waals surface area contributed by atoms with Crippen molar-refractivity contribution in [2.75, 3.05) is 20.6 Å². The van der Waals surface area contributed by atoms with E-state index in [0.717, 1.165) is 23.2 Å². The van der Waals surface area contributed by atoms with Gasteiger partial charge in [-0.3, -0.25) is 0 Å². The molecule has 0 aliphatic carbocycles. The normalized spacial score (nSPS) is 11.8. The van der Waals surface area contributed by atoms with Gasteiger partial charge in [0.2, 0.25) is 10.0 Å². The summed E-state index contributed by atoms with van der Waals surface area (Å²) >= 11 is 0. The number of hydrogen-bond acceptors (Lipinski definition) is 3. The highest BCUT2D eigenvalue weighted by molar-refractivity contribution is 7.89. The maximum atomic E-state index is 11.9. The van der Waals surface area contributed by atoms with E-state index in [-0.39, 0.29) is 4.90 Å². The lowest BCUT2D eigenvalue weighted by molar-refractivity contribution is 0.412. The van der Waals surface area contributed by atoms with E-state index in [1.54, 1.807) is 12.1 Å². The van der Waals surface area contributed by atoms with Crippen molar-refractivity contribution in [2.24, 2.45) is 5.14 Å². The highest BCUT2D eigenvalue weighted by Gasteiger charge is 2.17. The van der Waals surface area contributed by atoms with Gasteiger partial charge in [0.25, 0.3) is 0 Å². The first-order valence-electron chi connectivity index (χ1n) is 7.20. The molecule has 2 rings (SSSR count). The third kappa shape index (κ3) is 4.40. The zero-order chi connectivity index (χ0) is 16.2. The molecule has 0 spiro atoms. The van der Waals surface area contributed by atoms with E-state index in [4.69, 9.17) is 5.14 Å². The number of rotatable bonds is 6. The maximum absolute atomic E-state index is 11.9. The summed E-state index contributed by atoms with van der Waals surface area (Å²) in [5.41, 5.74) is 2.99. The lowest BCUT2D eigenvalue weighted by Crippen LogP contribution is -2.20. The van der Waals surface area contributed by atoms with Gasteiger partial charge in [-0.15, -0.1) is 0 Å². The third-order valence-corrected chi connectivity index (χ3v) is 4.58. The Morgan fingerprint density at radius 2 is 1.68 bits per heavy atom. The highest BCUT2D eigenvalue weighted by atomic mass is 32.2. The molecule has 0 atom stereocenters. The average Bonchev–Trinajstić information content (AvgIpc) is 2.45. The van der Waals surface area contributed by atoms with Crippen LogP contribution in [0.4, 0.5) is 0 Å². The molecule has 0 aliphatic heterocycles. The van der Waals surface area contributed by atoms with Gasteiger partial charge in [0.1, 0.15) is 0 Å². The second kappa shape index (κ2) is 7.05. The molecule has 0 saturated carbocycles. The molecule has 0 unspecified atom stereocenters. The zero-order valence-electron chi connectivity index (χ0n) is 13.0. The van der Waals surface area contributed by atoms with Gasteiger partial charge in [-0.2, -0.15) is 0 Å². The van der Waals surface area contributed by atoms with Crippen molar-refractivity contribution in [1.29, 1.82) is 0 Å². The van der Waals surface area contributed by atoms with Crippen molar-refractivity contribution in [3.05, 3.63) is 65.2 Å². The Bertz CT molecular complexity index is 726. The van der Waals surface area contributed by atoms with Crippen molar-refractivity contribution >= 4 is 10.0 Å². The van der Waals surface area contributed by atoms with Gasteiger partial charge >= 0.3 is 0 Å². The minimum atomic E-state index is -3.71. The Hall–Kier alpha value is -1.69. The van der Waals surface area contributed by atoms with Crippen LogP contribution in [0.25, 0.3) is 0 Å². The molecule has 118 valence electrons. The molecule has 0 aliphatic rings. The number of hydrogen-bond donors (Lipinski definition) is 1. The summed E-state index contributed by atoms with van der Waals surface area (Å²) in [4.78, 5) is 2.27. The molecule has 0 amide bonds. The van der Waals surface area contributed by atoms with Crippen LogP contribution in [-0.4, -0.2) is 34.0 Å². The predicted octanol–water partition coefficient (Wildman–Crippen LogP) is 2.03. The summed E-state index contributed by atoms with van der Waals surface area (Å²) in [6, 6.07) is 15.4. The molecule has 2 aromatic rings. The van der Waals surface area contributed by atoms with Crippen molar-refractivity contribution in [3.8, 4) is 0 Å². The van der Waals surface area contributed by atoms with Gasteiger partial charge in [0, 0.05) is 6.54 Å². The second-order valence-electron chi connectivity index (χ2n) is 5.65. The number of primary sulfonamides is 1. The first-order valence-corrected chi connectivity index (χ1v) is 8.75. The van der Waals surface area contributed by atoms with E-state index in [1.165, 1.54) is 0 Å². The number of nitrogens with zero attached hydrogens (tertiary/aromatic N) is 1. The summed E-state index contributed by atoms with van der Waals surface area (Å²) in [6.45, 7) is 0.772. The van der Waals surface area contributed by atoms with Gasteiger partial charge in [0.15, 0.2) is 0 Å². The van der Waals surface area contributed by atoms with E-state index in [2.05, 4.69) is 0 Å². The smallest absolute Gasteiger partial charge is 0.238 e. The van der Waals surface area contributed by atoms with Crippen LogP contribution in [-0.2, 0) is 22.9 Å². The van der Waals surface area contributed by atoms with Crippen molar-refractivity contribution in [3.63, 3.8) is 0 Å². The first-order chi connectivity index (χ1) is 10.4. The molecule has 0 bridgehead atoms. The molecule has 0 heterocycles. The van der Waals surface area contributed by atoms with Gasteiger partial charge in [-0.1, -0.05) is 42.5 Å². The second-order valence-corrected chi connectivity index (χ2v) is 7.18. The van der Waals surface area contributed by atoms with Crippen LogP contribution < -0.4 is 5.14 Å². The topological polar surface area (TPSA) is 63.4 Å². The molecule has 5 heteroatoms. The maximum Gasteiger partial charge on any atom is 0.238 e. The minimum absolute atomic E-state index is 0.239. The van der Waals surface area contributed by atoms with Gasteiger partial charge in [-0.25, -0.2) is 13.6 Å². The van der Waals surface area contributed by atoms with Crippen LogP contribution in [0.5, 0.6) is 0 Å². The molecule has 0 radical (unpaired) electrons. The van der Waals surface area contributed by atoms with Crippen LogP contribution in [0.15, 0.2) is 53.4 Å². The van der Waals surface area contributed by atoms with Crippen LogP contribution in [0.1, 0.15) is 16.7 Å². The largest absolute Gasteiger partial charge is 0.309 e. The van der Waals surface area contributed by atoms with E-state index < -0.39 is 10.0 Å². The predicted molar refractivity (Wildman–Crippen MR) is 89.3 cm³/mol. The molecular formula is C17H22N2O2S. The van der Waals surface area contributed by atoms with Crippen LogP contribution in [0, 0.1) is 0 Å². The highest BCUT2D eigenvalue weighted by Crippen LogP contribution is 2.22. The standard InChI is InChI=1S/C17H22N2O2S/c1-19(2)12-11-16-15(13-14-7-4-3-5-8-14)9-6-10-17(16)22(18,20)21/h3-10H,11-13H2,1-2H3,(H2,18,20,21). The summed E-state index contributed by atoms with van der Waals surface area (Å²) in [7, 11) is 0.223. The number of nitrogens with two attached hydrogens (primary N) is 1. The third-order valence-electron chi connectivity index (χ3n) is 3.58. The fourth-order valence-corrected chi connectivity index (χ4v) is 3.32. The van der Waals surface area contributed by atoms with Crippen molar-refractivity contribution in [1.82, 2.24) is 4.90 Å². The fraction of sp³-hybridized carbons (Fsp3) is 0.294. The molecule has 2 aromatic carbocycles. The van der Waals surface area contributed by atoms with Gasteiger partial charge in [0.05, 0.1) is 4.90 Å². The van der Waals surface area contributed by atoms with E-state index in [1.807, 2.05) is 55.4 Å². The summed E-state index contributed by atoms with van der Waals surface area (Å²) in [6.07, 6.45) is 1.36. The van der Waals surface area contributed by atoms with E-state index in [0.29, 0.717) is 12.8 Å². The summed E-state index contributed by atoms with van der Waals surface area (Å²) in [5.74, 6) is 0. The van der Waals surface area contributed by atoms with E-state index >= 15 is 0 Å². The lowest BCUT2D eigenvalue weighted by atomic mass is 9.97. The Morgan fingerprint density at radius 1 is 1.00 bits per heavy atom. The number of likely N-dealkylation sites (N-methyl/N-ethyl adjacent to an activating group) is 1. The molecule has 0 aromatic heterocycles. The Morgan fingerprint density at radius 3 is 2.27 bits per heavy atom. The number of sulfonamides is 1. The average molecular weight is 318 g/mol. The van der Waals surface area contributed by atoms with Crippen molar-refractivity contribution in [2.45, 2.75) is 17.7 Å². The van der Waals surface area contributed by atoms with E-state index in [9.17, 15) is 8.42 Å². The molecular weight excluding hydrogens is 296 g/mol. The quantitative estimate of drug-likeness (QED) is 0.886. The molecule has 0 fully saturated rings. The minimum Gasteiger partial charge on any atom is -0.309 e. The Balaban J connectivity index is 2.43. The van der Waals surface area contributed by atoms with Crippen molar-refractivity contribution < 1.29 is 8.42 Å². The SMILES string of the molecule is CN(C)CCc1c(Cc2ccccc2)cccc1S(N)(=O)=O. The monoisotopic (exact) mass is 318 g/mol. The molecule has 2 N–H and O–H groups in total. The Kier molecular flexibility index (Phi) is 5.34. The summed E-state index contributed by atoms with van der Waals surface area (Å²) in [5, 5.41) is 5.38. The Labute approximate surface area is 132 Å². The zero-order valence-corrected chi connectivity index (χ0v) is 13.8. The first kappa shape index (κ1) is 16.7. The lowest BCUT2D eigenvalue weighted by Gasteiger charge is -2.16. The van der Waals surface area contributed by atoms with Crippen LogP contribution >= 0.6 is 0 Å². The molecule has 4 nitrogen and oxygen atoms in total. The van der Waals surface area contributed by atoms with Gasteiger partial charge < -0.3 is 4.90 Å². The van der Waals surface area contributed by atoms with Crippen LogP contribution in [0.2, 0.25) is 0 Å². The number of benzene rings is 2. The summed E-state index contributed by atoms with van der Waals surface area (Å²) < 4.78 is 23.7.